The van der Waals surface area contributed by atoms with Gasteiger partial charge in [0.1, 0.15) is 0 Å². The maximum Gasteiger partial charge on any atom is 0.270 e. The zero-order valence-corrected chi connectivity index (χ0v) is 17.8. The second-order valence-corrected chi connectivity index (χ2v) is 8.46. The second-order valence-electron chi connectivity index (χ2n) is 8.46. The maximum absolute atomic E-state index is 11.4. The molecule has 5 N–H and O–H groups in total. The van der Waals surface area contributed by atoms with Gasteiger partial charge in [0.15, 0.2) is 11.5 Å². The zero-order chi connectivity index (χ0) is 22.2. The van der Waals surface area contributed by atoms with Crippen molar-refractivity contribution in [1.29, 1.82) is 0 Å². The molecular formula is C22H26N8O2. The highest BCUT2D eigenvalue weighted by Gasteiger charge is 2.51. The molecule has 5 rings (SSSR count). The third-order valence-corrected chi connectivity index (χ3v) is 6.36. The van der Waals surface area contributed by atoms with Gasteiger partial charge in [0.2, 0.25) is 12.3 Å². The van der Waals surface area contributed by atoms with Crippen LogP contribution < -0.4 is 16.8 Å². The van der Waals surface area contributed by atoms with Crippen LogP contribution in [-0.2, 0) is 11.3 Å². The Morgan fingerprint density at radius 2 is 2.03 bits per heavy atom. The number of hydrogen-bond donors (Lipinski definition) is 3. The standard InChI is InChI=1S/C22H26N8O2/c1-25-9-12-2-4-13(5-3-12)21-28-29-22(32-21)18-20(24)26-10-17(27-18)14-8-15(14)19-16(23)6-7-30(19)11-31/h2-5,10-11,14-16,19,25H,6-9,23H2,1H3,(H2,24,26)/t14?,15?,16-,19?/m1/s1. The summed E-state index contributed by atoms with van der Waals surface area (Å²) in [4.78, 5) is 22.2. The van der Waals surface area contributed by atoms with Crippen molar-refractivity contribution < 1.29 is 9.21 Å². The number of carbonyl (C=O) groups is 1. The summed E-state index contributed by atoms with van der Waals surface area (Å²) >= 11 is 0. The van der Waals surface area contributed by atoms with Crippen molar-refractivity contribution in [3.8, 4) is 23.0 Å². The summed E-state index contributed by atoms with van der Waals surface area (Å²) in [6.45, 7) is 1.49. The summed E-state index contributed by atoms with van der Waals surface area (Å²) in [5, 5.41) is 11.4. The van der Waals surface area contributed by atoms with Crippen LogP contribution in [0.4, 0.5) is 5.82 Å². The van der Waals surface area contributed by atoms with Crippen LogP contribution in [0.5, 0.6) is 0 Å². The summed E-state index contributed by atoms with van der Waals surface area (Å²) in [5.74, 6) is 1.32. The first kappa shape index (κ1) is 20.5. The molecule has 10 nitrogen and oxygen atoms in total. The molecule has 0 bridgehead atoms. The molecular weight excluding hydrogens is 408 g/mol. The van der Waals surface area contributed by atoms with Gasteiger partial charge in [-0.3, -0.25) is 4.79 Å². The molecule has 1 saturated carbocycles. The first-order valence-corrected chi connectivity index (χ1v) is 10.8. The number of rotatable bonds is 7. The molecule has 2 aromatic heterocycles. The lowest BCUT2D eigenvalue weighted by molar-refractivity contribution is -0.119. The van der Waals surface area contributed by atoms with Gasteiger partial charge in [-0.05, 0) is 43.5 Å². The van der Waals surface area contributed by atoms with E-state index in [2.05, 4.69) is 20.5 Å². The van der Waals surface area contributed by atoms with Crippen LogP contribution in [0.1, 0.15) is 30.0 Å². The van der Waals surface area contributed by atoms with Crippen molar-refractivity contribution in [2.75, 3.05) is 19.3 Å². The topological polar surface area (TPSA) is 149 Å². The minimum atomic E-state index is -0.00518. The van der Waals surface area contributed by atoms with Crippen molar-refractivity contribution in [2.24, 2.45) is 11.7 Å². The van der Waals surface area contributed by atoms with Crippen LogP contribution in [0.3, 0.4) is 0 Å². The number of nitrogens with two attached hydrogens (primary N) is 2. The molecule has 4 atom stereocenters. The minimum absolute atomic E-state index is 0.00518. The molecule has 32 heavy (non-hydrogen) atoms. The molecule has 0 spiro atoms. The number of nitrogens with one attached hydrogen (secondary N) is 1. The molecule has 1 aliphatic carbocycles. The molecule has 2 aliphatic rings. The van der Waals surface area contributed by atoms with Gasteiger partial charge in [0.25, 0.3) is 5.89 Å². The Hall–Kier alpha value is -3.37. The summed E-state index contributed by atoms with van der Waals surface area (Å²) in [5.41, 5.74) is 15.5. The third-order valence-electron chi connectivity index (χ3n) is 6.36. The van der Waals surface area contributed by atoms with E-state index in [1.54, 1.807) is 6.20 Å². The highest BCUT2D eigenvalue weighted by Crippen LogP contribution is 2.52. The van der Waals surface area contributed by atoms with Gasteiger partial charge in [0.05, 0.1) is 17.9 Å². The first-order chi connectivity index (χ1) is 15.6. The average molecular weight is 435 g/mol. The minimum Gasteiger partial charge on any atom is -0.414 e. The van der Waals surface area contributed by atoms with Crippen molar-refractivity contribution in [2.45, 2.75) is 37.4 Å². The molecule has 1 aromatic carbocycles. The van der Waals surface area contributed by atoms with E-state index in [4.69, 9.17) is 20.9 Å². The van der Waals surface area contributed by atoms with E-state index >= 15 is 0 Å². The van der Waals surface area contributed by atoms with E-state index in [1.807, 2.05) is 36.2 Å². The number of anilines is 1. The highest BCUT2D eigenvalue weighted by atomic mass is 16.4. The van der Waals surface area contributed by atoms with E-state index < -0.39 is 0 Å². The van der Waals surface area contributed by atoms with Crippen molar-refractivity contribution in [3.63, 3.8) is 0 Å². The number of aromatic nitrogens is 4. The quantitative estimate of drug-likeness (QED) is 0.466. The number of nitrogens with zero attached hydrogens (tertiary/aromatic N) is 5. The van der Waals surface area contributed by atoms with Gasteiger partial charge < -0.3 is 26.1 Å². The van der Waals surface area contributed by atoms with E-state index in [-0.39, 0.29) is 35.6 Å². The SMILES string of the molecule is CNCc1ccc(-c2nnc(-c3nc(C4CC4C4[C@H](N)CCN4C=O)cnc3N)o2)cc1. The number of benzene rings is 1. The lowest BCUT2D eigenvalue weighted by Crippen LogP contribution is -2.40. The van der Waals surface area contributed by atoms with Gasteiger partial charge in [-0.15, -0.1) is 10.2 Å². The van der Waals surface area contributed by atoms with Crippen LogP contribution >= 0.6 is 0 Å². The van der Waals surface area contributed by atoms with Gasteiger partial charge in [-0.1, -0.05) is 12.1 Å². The number of hydrogen-bond acceptors (Lipinski definition) is 9. The molecule has 3 heterocycles. The fraction of sp³-hybridized carbons (Fsp3) is 0.409. The normalized spacial score (nSPS) is 24.6. The number of amides is 1. The highest BCUT2D eigenvalue weighted by molar-refractivity contribution is 5.64. The lowest BCUT2D eigenvalue weighted by atomic mass is 10.0. The summed E-state index contributed by atoms with van der Waals surface area (Å²) in [6, 6.07) is 7.93. The van der Waals surface area contributed by atoms with E-state index in [9.17, 15) is 4.79 Å². The smallest absolute Gasteiger partial charge is 0.270 e. The van der Waals surface area contributed by atoms with Crippen LogP contribution in [0.25, 0.3) is 23.0 Å². The molecule has 10 heteroatoms. The average Bonchev–Trinajstić information content (AvgIpc) is 3.25. The van der Waals surface area contributed by atoms with Crippen molar-refractivity contribution >= 4 is 12.2 Å². The Kier molecular flexibility index (Phi) is 5.32. The van der Waals surface area contributed by atoms with Crippen molar-refractivity contribution in [3.05, 3.63) is 41.7 Å². The molecule has 1 amide bonds. The zero-order valence-electron chi connectivity index (χ0n) is 17.8. The van der Waals surface area contributed by atoms with Crippen LogP contribution in [0, 0.1) is 5.92 Å². The summed E-state index contributed by atoms with van der Waals surface area (Å²) < 4.78 is 5.87. The number of likely N-dealkylation sites (tertiary alicyclic amines) is 1. The van der Waals surface area contributed by atoms with Gasteiger partial charge in [-0.2, -0.15) is 0 Å². The third kappa shape index (κ3) is 3.71. The largest absolute Gasteiger partial charge is 0.414 e. The molecule has 2 fully saturated rings. The Bertz CT molecular complexity index is 1120. The maximum atomic E-state index is 11.4. The van der Waals surface area contributed by atoms with E-state index in [0.29, 0.717) is 18.1 Å². The Morgan fingerprint density at radius 1 is 1.25 bits per heavy atom. The Morgan fingerprint density at radius 3 is 2.78 bits per heavy atom. The summed E-state index contributed by atoms with van der Waals surface area (Å²) in [6.07, 6.45) is 4.33. The molecule has 0 radical (unpaired) electrons. The predicted octanol–water partition coefficient (Wildman–Crippen LogP) is 1.16. The number of carbonyl (C=O) groups excluding carboxylic acids is 1. The molecule has 1 aliphatic heterocycles. The van der Waals surface area contributed by atoms with Gasteiger partial charge in [-0.25, -0.2) is 9.97 Å². The monoisotopic (exact) mass is 434 g/mol. The molecule has 1 saturated heterocycles. The Balaban J connectivity index is 1.37. The van der Waals surface area contributed by atoms with Crippen LogP contribution in [-0.4, -0.2) is 57.2 Å². The predicted molar refractivity (Wildman–Crippen MR) is 118 cm³/mol. The van der Waals surface area contributed by atoms with E-state index in [1.165, 1.54) is 0 Å². The molecule has 3 aromatic rings. The summed E-state index contributed by atoms with van der Waals surface area (Å²) in [7, 11) is 1.90. The second kappa shape index (κ2) is 8.29. The lowest BCUT2D eigenvalue weighted by Gasteiger charge is -2.23. The van der Waals surface area contributed by atoms with Gasteiger partial charge >= 0.3 is 0 Å². The molecule has 166 valence electrons. The fourth-order valence-electron chi connectivity index (χ4n) is 4.64. The van der Waals surface area contributed by atoms with Crippen LogP contribution in [0.15, 0.2) is 34.9 Å². The number of nitrogen functional groups attached to an aromatic ring is 1. The first-order valence-electron chi connectivity index (χ1n) is 10.8. The van der Waals surface area contributed by atoms with Crippen molar-refractivity contribution in [1.82, 2.24) is 30.4 Å². The van der Waals surface area contributed by atoms with Gasteiger partial charge in [0, 0.05) is 30.6 Å². The Labute approximate surface area is 185 Å². The fourth-order valence-corrected chi connectivity index (χ4v) is 4.64. The van der Waals surface area contributed by atoms with Crippen LogP contribution in [0.2, 0.25) is 0 Å². The molecule has 3 unspecified atom stereocenters. The van der Waals surface area contributed by atoms with E-state index in [0.717, 1.165) is 42.6 Å².